The number of carbonyl (C=O) groups is 2. The van der Waals surface area contributed by atoms with Crippen LogP contribution in [0.5, 0.6) is 0 Å². The molecule has 4 rings (SSSR count). The van der Waals surface area contributed by atoms with Gasteiger partial charge in [-0.15, -0.1) is 0 Å². The van der Waals surface area contributed by atoms with Crippen LogP contribution in [0.4, 0.5) is 10.5 Å². The number of ether oxygens (including phenoxy) is 1. The van der Waals surface area contributed by atoms with Crippen LogP contribution in [0.15, 0.2) is 66.7 Å². The predicted octanol–water partition coefficient (Wildman–Crippen LogP) is 5.28. The summed E-state index contributed by atoms with van der Waals surface area (Å²) in [4.78, 5) is 25.8. The number of carbonyl (C=O) groups excluding carboxylic acids is 2. The van der Waals surface area contributed by atoms with E-state index in [9.17, 15) is 9.59 Å². The summed E-state index contributed by atoms with van der Waals surface area (Å²) in [7, 11) is 0. The number of benzene rings is 3. The molecule has 1 atom stereocenters. The number of unbranched alkanes of at least 4 members (excludes halogenated alkanes) is 1. The number of fused-ring (bicyclic) bond motifs is 3. The number of aryl methyl sites for hydroxylation is 2. The van der Waals surface area contributed by atoms with Crippen molar-refractivity contribution >= 4 is 17.7 Å². The number of hydrogen-bond acceptors (Lipinski definition) is 4. The molecule has 0 aromatic heterocycles. The van der Waals surface area contributed by atoms with Crippen LogP contribution < -0.4 is 16.4 Å². The van der Waals surface area contributed by atoms with Crippen molar-refractivity contribution in [2.24, 2.45) is 5.73 Å². The lowest BCUT2D eigenvalue weighted by Crippen LogP contribution is -2.44. The fraction of sp³-hybridized carbons (Fsp3) is 0.310. The van der Waals surface area contributed by atoms with E-state index in [1.165, 1.54) is 11.1 Å². The number of amides is 2. The Morgan fingerprint density at radius 2 is 1.57 bits per heavy atom. The number of rotatable bonds is 9. The van der Waals surface area contributed by atoms with Gasteiger partial charge in [0.25, 0.3) is 0 Å². The van der Waals surface area contributed by atoms with Crippen molar-refractivity contribution < 1.29 is 14.3 Å². The smallest absolute Gasteiger partial charge is 0.407 e. The highest BCUT2D eigenvalue weighted by atomic mass is 16.5. The SMILES string of the molecule is Cc1ccc(NC(=O)[C@H](CCCCN)NC(=O)OCC2c3ccccc3-c3ccccc32)cc1C. The quantitative estimate of drug-likeness (QED) is 0.370. The monoisotopic (exact) mass is 471 g/mol. The summed E-state index contributed by atoms with van der Waals surface area (Å²) in [5.74, 6) is -0.299. The summed E-state index contributed by atoms with van der Waals surface area (Å²) in [5.41, 5.74) is 13.2. The lowest BCUT2D eigenvalue weighted by molar-refractivity contribution is -0.118. The predicted molar refractivity (Wildman–Crippen MR) is 139 cm³/mol. The van der Waals surface area contributed by atoms with E-state index in [-0.39, 0.29) is 18.4 Å². The molecule has 1 aliphatic rings. The first-order valence-corrected chi connectivity index (χ1v) is 12.2. The number of nitrogens with two attached hydrogens (primary N) is 1. The fourth-order valence-corrected chi connectivity index (χ4v) is 4.59. The minimum atomic E-state index is -0.709. The molecule has 182 valence electrons. The average Bonchev–Trinajstić information content (AvgIpc) is 3.18. The minimum absolute atomic E-state index is 0.0341. The van der Waals surface area contributed by atoms with Gasteiger partial charge in [-0.1, -0.05) is 54.6 Å². The Hall–Kier alpha value is -3.64. The second kappa shape index (κ2) is 11.2. The van der Waals surface area contributed by atoms with E-state index in [0.29, 0.717) is 18.7 Å². The maximum absolute atomic E-state index is 13.0. The van der Waals surface area contributed by atoms with Gasteiger partial charge in [-0.05, 0) is 85.2 Å². The highest BCUT2D eigenvalue weighted by Gasteiger charge is 2.29. The first-order valence-electron chi connectivity index (χ1n) is 12.2. The van der Waals surface area contributed by atoms with Crippen LogP contribution in [0.25, 0.3) is 11.1 Å². The maximum Gasteiger partial charge on any atom is 0.407 e. The average molecular weight is 472 g/mol. The van der Waals surface area contributed by atoms with Crippen molar-refractivity contribution in [1.82, 2.24) is 5.32 Å². The summed E-state index contributed by atoms with van der Waals surface area (Å²) >= 11 is 0. The molecule has 0 unspecified atom stereocenters. The Labute approximate surface area is 206 Å². The molecule has 0 radical (unpaired) electrons. The van der Waals surface area contributed by atoms with E-state index >= 15 is 0 Å². The molecule has 0 saturated carbocycles. The van der Waals surface area contributed by atoms with Gasteiger partial charge in [-0.3, -0.25) is 4.79 Å². The molecule has 4 N–H and O–H groups in total. The molecule has 0 saturated heterocycles. The van der Waals surface area contributed by atoms with Crippen molar-refractivity contribution in [3.63, 3.8) is 0 Å². The van der Waals surface area contributed by atoms with Gasteiger partial charge in [0.15, 0.2) is 0 Å². The fourth-order valence-electron chi connectivity index (χ4n) is 4.59. The van der Waals surface area contributed by atoms with Crippen LogP contribution in [0.3, 0.4) is 0 Å². The molecule has 3 aromatic carbocycles. The zero-order chi connectivity index (χ0) is 24.8. The van der Waals surface area contributed by atoms with Crippen LogP contribution in [-0.2, 0) is 9.53 Å². The Balaban J connectivity index is 1.41. The van der Waals surface area contributed by atoms with E-state index in [0.717, 1.165) is 35.1 Å². The summed E-state index contributed by atoms with van der Waals surface area (Å²) in [6.07, 6.45) is 1.39. The summed E-state index contributed by atoms with van der Waals surface area (Å²) in [5, 5.41) is 5.70. The molecule has 6 nitrogen and oxygen atoms in total. The van der Waals surface area contributed by atoms with Crippen molar-refractivity contribution in [2.75, 3.05) is 18.5 Å². The number of alkyl carbamates (subject to hydrolysis) is 1. The van der Waals surface area contributed by atoms with Crippen LogP contribution >= 0.6 is 0 Å². The molecule has 0 aliphatic heterocycles. The zero-order valence-corrected chi connectivity index (χ0v) is 20.3. The second-order valence-electron chi connectivity index (χ2n) is 9.10. The molecule has 1 aliphatic carbocycles. The molecule has 6 heteroatoms. The molecule has 0 bridgehead atoms. The first-order chi connectivity index (χ1) is 17.0. The van der Waals surface area contributed by atoms with E-state index in [1.54, 1.807) is 0 Å². The zero-order valence-electron chi connectivity index (χ0n) is 20.3. The van der Waals surface area contributed by atoms with Crippen LogP contribution in [-0.4, -0.2) is 31.2 Å². The maximum atomic E-state index is 13.0. The molecule has 0 spiro atoms. The Morgan fingerprint density at radius 1 is 0.914 bits per heavy atom. The van der Waals surface area contributed by atoms with Gasteiger partial charge in [0, 0.05) is 11.6 Å². The normalized spacial score (nSPS) is 13.0. The second-order valence-corrected chi connectivity index (χ2v) is 9.10. The van der Waals surface area contributed by atoms with Crippen LogP contribution in [0.1, 0.15) is 47.4 Å². The number of nitrogens with one attached hydrogen (secondary N) is 2. The molecule has 35 heavy (non-hydrogen) atoms. The summed E-state index contributed by atoms with van der Waals surface area (Å²) < 4.78 is 5.66. The topological polar surface area (TPSA) is 93.5 Å². The number of hydrogen-bond donors (Lipinski definition) is 3. The largest absolute Gasteiger partial charge is 0.449 e. The van der Waals surface area contributed by atoms with E-state index in [1.807, 2.05) is 56.3 Å². The van der Waals surface area contributed by atoms with Crippen molar-refractivity contribution in [2.45, 2.75) is 45.1 Å². The van der Waals surface area contributed by atoms with Gasteiger partial charge < -0.3 is 21.1 Å². The van der Waals surface area contributed by atoms with E-state index in [4.69, 9.17) is 10.5 Å². The minimum Gasteiger partial charge on any atom is -0.449 e. The third-order valence-corrected chi connectivity index (χ3v) is 6.67. The van der Waals surface area contributed by atoms with E-state index < -0.39 is 12.1 Å². The lowest BCUT2D eigenvalue weighted by atomic mass is 9.98. The third kappa shape index (κ3) is 5.72. The molecule has 0 fully saturated rings. The van der Waals surface area contributed by atoms with Crippen molar-refractivity contribution in [3.05, 3.63) is 89.0 Å². The summed E-state index contributed by atoms with van der Waals surface area (Å²) in [6.45, 7) is 4.76. The Morgan fingerprint density at radius 3 is 2.20 bits per heavy atom. The third-order valence-electron chi connectivity index (χ3n) is 6.67. The van der Waals surface area contributed by atoms with Gasteiger partial charge in [-0.2, -0.15) is 0 Å². The van der Waals surface area contributed by atoms with Crippen LogP contribution in [0, 0.1) is 13.8 Å². The molecular weight excluding hydrogens is 438 g/mol. The molecule has 3 aromatic rings. The summed E-state index contributed by atoms with van der Waals surface area (Å²) in [6, 6.07) is 21.4. The highest BCUT2D eigenvalue weighted by molar-refractivity contribution is 5.96. The van der Waals surface area contributed by atoms with Gasteiger partial charge >= 0.3 is 6.09 Å². The lowest BCUT2D eigenvalue weighted by Gasteiger charge is -2.20. The van der Waals surface area contributed by atoms with E-state index in [2.05, 4.69) is 34.9 Å². The van der Waals surface area contributed by atoms with Crippen molar-refractivity contribution in [3.8, 4) is 11.1 Å². The molecular formula is C29H33N3O3. The van der Waals surface area contributed by atoms with Crippen molar-refractivity contribution in [1.29, 1.82) is 0 Å². The van der Waals surface area contributed by atoms with Gasteiger partial charge in [0.1, 0.15) is 12.6 Å². The number of anilines is 1. The van der Waals surface area contributed by atoms with Gasteiger partial charge in [-0.25, -0.2) is 4.79 Å². The van der Waals surface area contributed by atoms with Crippen LogP contribution in [0.2, 0.25) is 0 Å². The first kappa shape index (κ1) is 24.5. The standard InChI is InChI=1S/C29H33N3O3/c1-19-14-15-21(17-20(19)2)31-28(33)27(13-7-8-16-30)32-29(34)35-18-26-24-11-5-3-9-22(24)23-10-4-6-12-25(23)26/h3-6,9-12,14-15,17,26-27H,7-8,13,16,18,30H2,1-2H3,(H,31,33)(H,32,34)/t27-/m0/s1. The highest BCUT2D eigenvalue weighted by Crippen LogP contribution is 2.44. The van der Waals surface area contributed by atoms with Gasteiger partial charge in [0.2, 0.25) is 5.91 Å². The Kier molecular flexibility index (Phi) is 7.83. The van der Waals surface area contributed by atoms with Gasteiger partial charge in [0.05, 0.1) is 0 Å². The molecule has 2 amide bonds. The molecule has 0 heterocycles. The Bertz CT molecular complexity index is 1160.